The number of hydrogen-bond acceptors (Lipinski definition) is 6. The number of nitrogens with zero attached hydrogens (tertiary/aromatic N) is 5. The van der Waals surface area contributed by atoms with Gasteiger partial charge >= 0.3 is 0 Å². The van der Waals surface area contributed by atoms with E-state index in [2.05, 4.69) is 9.97 Å². The Morgan fingerprint density at radius 3 is 2.58 bits per heavy atom. The Labute approximate surface area is 142 Å². The van der Waals surface area contributed by atoms with Gasteiger partial charge in [-0.3, -0.25) is 9.59 Å². The van der Waals surface area contributed by atoms with Gasteiger partial charge in [-0.05, 0) is 19.3 Å². The number of aromatic nitrogens is 2. The molecule has 2 amide bonds. The summed E-state index contributed by atoms with van der Waals surface area (Å²) < 4.78 is 0. The molecular weight excluding hydrogens is 310 g/mol. The van der Waals surface area contributed by atoms with Gasteiger partial charge in [0.25, 0.3) is 5.91 Å². The number of carbonyl (C=O) groups excluding carboxylic acids is 2. The summed E-state index contributed by atoms with van der Waals surface area (Å²) in [4.78, 5) is 37.6. The molecule has 24 heavy (non-hydrogen) atoms. The second-order valence-electron chi connectivity index (χ2n) is 6.31. The summed E-state index contributed by atoms with van der Waals surface area (Å²) in [5.41, 5.74) is 0.818. The van der Waals surface area contributed by atoms with Crippen LogP contribution >= 0.6 is 0 Å². The van der Waals surface area contributed by atoms with E-state index in [1.807, 2.05) is 14.1 Å². The highest BCUT2D eigenvalue weighted by molar-refractivity contribution is 5.87. The molecule has 0 bridgehead atoms. The lowest BCUT2D eigenvalue weighted by Crippen LogP contribution is -2.44. The average Bonchev–Trinajstić information content (AvgIpc) is 2.71. The molecule has 1 saturated heterocycles. The molecule has 1 unspecified atom stereocenters. The number of hydrogen-bond donors (Lipinski definition) is 1. The molecule has 132 valence electrons. The number of likely N-dealkylation sites (tertiary alicyclic amines) is 1. The highest BCUT2D eigenvalue weighted by Gasteiger charge is 2.27. The zero-order chi connectivity index (χ0) is 17.7. The van der Waals surface area contributed by atoms with Crippen molar-refractivity contribution in [1.29, 1.82) is 0 Å². The summed E-state index contributed by atoms with van der Waals surface area (Å²) in [6, 6.07) is 0. The number of aliphatic hydroxyl groups excluding tert-OH is 1. The van der Waals surface area contributed by atoms with Crippen molar-refractivity contribution in [1.82, 2.24) is 19.8 Å². The van der Waals surface area contributed by atoms with Crippen molar-refractivity contribution in [3.05, 3.63) is 18.0 Å². The Hall–Kier alpha value is -2.22. The smallest absolute Gasteiger partial charge is 0.251 e. The average molecular weight is 335 g/mol. The van der Waals surface area contributed by atoms with Crippen LogP contribution in [-0.4, -0.2) is 77.0 Å². The number of rotatable bonds is 5. The molecule has 2 heterocycles. The first-order valence-corrected chi connectivity index (χ1v) is 8.07. The van der Waals surface area contributed by atoms with Gasteiger partial charge in [0.15, 0.2) is 0 Å². The third kappa shape index (κ3) is 4.64. The molecule has 0 saturated carbocycles. The van der Waals surface area contributed by atoms with E-state index in [0.717, 1.165) is 18.4 Å². The largest absolute Gasteiger partial charge is 0.383 e. The van der Waals surface area contributed by atoms with Crippen molar-refractivity contribution in [2.45, 2.75) is 31.9 Å². The molecule has 1 aliphatic rings. The Balaban J connectivity index is 1.92. The summed E-state index contributed by atoms with van der Waals surface area (Å²) in [7, 11) is 5.40. The minimum atomic E-state index is -0.988. The molecule has 8 nitrogen and oxygen atoms in total. The van der Waals surface area contributed by atoms with Gasteiger partial charge in [-0.1, -0.05) is 0 Å². The van der Waals surface area contributed by atoms with Crippen LogP contribution in [0.3, 0.4) is 0 Å². The van der Waals surface area contributed by atoms with E-state index < -0.39 is 6.10 Å². The van der Waals surface area contributed by atoms with Gasteiger partial charge in [-0.25, -0.2) is 9.97 Å². The van der Waals surface area contributed by atoms with Crippen molar-refractivity contribution in [3.8, 4) is 0 Å². The van der Waals surface area contributed by atoms with Gasteiger partial charge < -0.3 is 19.8 Å². The molecular formula is C16H25N5O3. The molecule has 1 N–H and O–H groups in total. The van der Waals surface area contributed by atoms with Gasteiger partial charge in [-0.2, -0.15) is 0 Å². The van der Waals surface area contributed by atoms with Crippen LogP contribution in [-0.2, 0) is 16.1 Å². The molecule has 1 aliphatic heterocycles. The predicted octanol–water partition coefficient (Wildman–Crippen LogP) is -0.126. The van der Waals surface area contributed by atoms with Crippen molar-refractivity contribution >= 4 is 17.8 Å². The number of amides is 2. The van der Waals surface area contributed by atoms with Crippen molar-refractivity contribution in [2.75, 3.05) is 39.1 Å². The lowest BCUT2D eigenvalue weighted by atomic mass is 10.2. The molecule has 0 aliphatic carbocycles. The Bertz CT molecular complexity index is 576. The Morgan fingerprint density at radius 2 is 1.96 bits per heavy atom. The molecule has 1 aromatic heterocycles. The summed E-state index contributed by atoms with van der Waals surface area (Å²) in [5, 5.41) is 9.75. The predicted molar refractivity (Wildman–Crippen MR) is 89.3 cm³/mol. The van der Waals surface area contributed by atoms with Crippen molar-refractivity contribution in [2.24, 2.45) is 0 Å². The zero-order valence-electron chi connectivity index (χ0n) is 14.5. The van der Waals surface area contributed by atoms with Crippen LogP contribution in [0.15, 0.2) is 12.4 Å². The lowest BCUT2D eigenvalue weighted by molar-refractivity contribution is -0.145. The van der Waals surface area contributed by atoms with Gasteiger partial charge in [0.2, 0.25) is 11.9 Å². The second kappa shape index (κ2) is 8.05. The second-order valence-corrected chi connectivity index (χ2v) is 6.31. The normalized spacial score (nSPS) is 18.2. The van der Waals surface area contributed by atoms with Crippen molar-refractivity contribution in [3.63, 3.8) is 0 Å². The molecule has 0 spiro atoms. The van der Waals surface area contributed by atoms with Gasteiger partial charge in [0.05, 0.1) is 6.54 Å². The number of anilines is 1. The standard InChI is InChI=1S/C16H25N5O3/c1-19(2)16-17-8-12(9-18-16)10-20(3)14(23)11-21-7-5-4-6-13(22)15(21)24/h8-9,13,22H,4-7,10-11H2,1-3H3. The van der Waals surface area contributed by atoms with Gasteiger partial charge in [-0.15, -0.1) is 0 Å². The minimum Gasteiger partial charge on any atom is -0.383 e. The number of likely N-dealkylation sites (N-methyl/N-ethyl adjacent to an activating group) is 1. The van der Waals surface area contributed by atoms with Crippen LogP contribution in [0.5, 0.6) is 0 Å². The van der Waals surface area contributed by atoms with Gasteiger partial charge in [0.1, 0.15) is 6.10 Å². The fourth-order valence-corrected chi connectivity index (χ4v) is 2.55. The fourth-order valence-electron chi connectivity index (χ4n) is 2.55. The third-order valence-corrected chi connectivity index (χ3v) is 4.02. The van der Waals surface area contributed by atoms with E-state index in [-0.39, 0.29) is 18.4 Å². The van der Waals surface area contributed by atoms with Crippen LogP contribution in [0.1, 0.15) is 24.8 Å². The maximum Gasteiger partial charge on any atom is 0.251 e. The van der Waals surface area contributed by atoms with Gasteiger partial charge in [0, 0.05) is 52.2 Å². The Kier molecular flexibility index (Phi) is 6.08. The topological polar surface area (TPSA) is 89.9 Å². The van der Waals surface area contributed by atoms with Crippen molar-refractivity contribution < 1.29 is 14.7 Å². The van der Waals surface area contributed by atoms with E-state index in [1.165, 1.54) is 4.90 Å². The Morgan fingerprint density at radius 1 is 1.29 bits per heavy atom. The molecule has 8 heteroatoms. The summed E-state index contributed by atoms with van der Waals surface area (Å²) >= 11 is 0. The van der Waals surface area contributed by atoms with E-state index in [9.17, 15) is 14.7 Å². The summed E-state index contributed by atoms with van der Waals surface area (Å²) in [6.45, 7) is 0.871. The van der Waals surface area contributed by atoms with E-state index >= 15 is 0 Å². The number of carbonyl (C=O) groups is 2. The van der Waals surface area contributed by atoms with E-state index in [4.69, 9.17) is 0 Å². The molecule has 1 aromatic rings. The quantitative estimate of drug-likeness (QED) is 0.806. The first-order chi connectivity index (χ1) is 11.4. The molecule has 2 rings (SSSR count). The highest BCUT2D eigenvalue weighted by atomic mass is 16.3. The summed E-state index contributed by atoms with van der Waals surface area (Å²) in [6.07, 6.45) is 4.45. The fraction of sp³-hybridized carbons (Fsp3) is 0.625. The maximum atomic E-state index is 12.4. The highest BCUT2D eigenvalue weighted by Crippen LogP contribution is 2.12. The van der Waals surface area contributed by atoms with Crippen LogP contribution in [0, 0.1) is 0 Å². The first-order valence-electron chi connectivity index (χ1n) is 8.07. The zero-order valence-corrected chi connectivity index (χ0v) is 14.5. The first kappa shape index (κ1) is 18.1. The summed E-state index contributed by atoms with van der Waals surface area (Å²) in [5.74, 6) is 0.0823. The SMILES string of the molecule is CN(Cc1cnc(N(C)C)nc1)C(=O)CN1CCCCC(O)C1=O. The monoisotopic (exact) mass is 335 g/mol. The van der Waals surface area contributed by atoms with Crippen LogP contribution in [0.4, 0.5) is 5.95 Å². The van der Waals surface area contributed by atoms with E-state index in [1.54, 1.807) is 29.2 Å². The molecule has 1 atom stereocenters. The molecule has 0 aromatic carbocycles. The van der Waals surface area contributed by atoms with Crippen LogP contribution in [0.25, 0.3) is 0 Å². The van der Waals surface area contributed by atoms with Crippen LogP contribution in [0.2, 0.25) is 0 Å². The minimum absolute atomic E-state index is 0.0109. The van der Waals surface area contributed by atoms with Crippen LogP contribution < -0.4 is 4.90 Å². The van der Waals surface area contributed by atoms with E-state index in [0.29, 0.717) is 25.5 Å². The maximum absolute atomic E-state index is 12.4. The third-order valence-electron chi connectivity index (χ3n) is 4.02. The molecule has 1 fully saturated rings. The lowest BCUT2D eigenvalue weighted by Gasteiger charge is -2.25. The number of aliphatic hydroxyl groups is 1. The molecule has 0 radical (unpaired) electrons.